The molecule has 15 heavy (non-hydrogen) atoms. The van der Waals surface area contributed by atoms with Crippen LogP contribution >= 0.6 is 0 Å². The summed E-state index contributed by atoms with van der Waals surface area (Å²) in [5.41, 5.74) is 6.15. The summed E-state index contributed by atoms with van der Waals surface area (Å²) in [6.07, 6.45) is -1.04. The Kier molecular flexibility index (Phi) is 3.42. The molecule has 3 N–H and O–H groups in total. The summed E-state index contributed by atoms with van der Waals surface area (Å²) < 4.78 is 26.4. The van der Waals surface area contributed by atoms with Crippen LogP contribution in [0.2, 0.25) is 0 Å². The average Bonchev–Trinajstić information content (AvgIpc) is 2.14. The maximum atomic E-state index is 13.2. The molecule has 1 aromatic carbocycles. The first-order chi connectivity index (χ1) is 6.86. The van der Waals surface area contributed by atoms with Crippen LogP contribution in [0.3, 0.4) is 0 Å². The fraction of sp³-hybridized carbons (Fsp3) is 0.455. The first-order valence-corrected chi connectivity index (χ1v) is 4.73. The zero-order valence-corrected chi connectivity index (χ0v) is 8.80. The molecule has 0 aromatic heterocycles. The van der Waals surface area contributed by atoms with Gasteiger partial charge in [-0.1, -0.05) is 23.8 Å². The molecule has 0 aliphatic heterocycles. The van der Waals surface area contributed by atoms with Crippen LogP contribution in [0.25, 0.3) is 0 Å². The predicted octanol–water partition coefficient (Wildman–Crippen LogP) is 2.10. The van der Waals surface area contributed by atoms with E-state index >= 15 is 0 Å². The van der Waals surface area contributed by atoms with Crippen LogP contribution < -0.4 is 5.73 Å². The molecule has 0 aliphatic rings. The van der Waals surface area contributed by atoms with Crippen molar-refractivity contribution in [2.24, 2.45) is 5.73 Å². The van der Waals surface area contributed by atoms with Crippen LogP contribution in [0.15, 0.2) is 18.2 Å². The van der Waals surface area contributed by atoms with Crippen molar-refractivity contribution in [1.82, 2.24) is 0 Å². The molecule has 1 unspecified atom stereocenters. The first kappa shape index (κ1) is 12.1. The number of hydrogen-bond acceptors (Lipinski definition) is 2. The van der Waals surface area contributed by atoms with Crippen molar-refractivity contribution in [3.05, 3.63) is 34.9 Å². The van der Waals surface area contributed by atoms with Crippen molar-refractivity contribution in [2.45, 2.75) is 25.9 Å². The molecule has 0 bridgehead atoms. The van der Waals surface area contributed by atoms with Crippen LogP contribution in [0.1, 0.15) is 29.7 Å². The molecule has 2 nitrogen and oxygen atoms in total. The van der Waals surface area contributed by atoms with Gasteiger partial charge in [0.2, 0.25) is 0 Å². The molecule has 0 spiro atoms. The van der Waals surface area contributed by atoms with Crippen molar-refractivity contribution < 1.29 is 13.9 Å². The first-order valence-electron chi connectivity index (χ1n) is 4.73. The zero-order valence-electron chi connectivity index (χ0n) is 8.80. The third-order valence-corrected chi connectivity index (χ3v) is 2.26. The number of rotatable bonds is 3. The quantitative estimate of drug-likeness (QED) is 0.811. The van der Waals surface area contributed by atoms with Gasteiger partial charge in [0, 0.05) is 19.0 Å². The van der Waals surface area contributed by atoms with Gasteiger partial charge in [-0.05, 0) is 12.5 Å². The highest BCUT2D eigenvalue weighted by Gasteiger charge is 2.29. The number of alkyl halides is 2. The van der Waals surface area contributed by atoms with E-state index in [-0.39, 0.29) is 17.7 Å². The van der Waals surface area contributed by atoms with E-state index in [1.54, 1.807) is 19.1 Å². The molecular formula is C11H15F2NO. The van der Waals surface area contributed by atoms with E-state index in [1.165, 1.54) is 6.07 Å². The van der Waals surface area contributed by atoms with Crippen LogP contribution in [0.5, 0.6) is 0 Å². The highest BCUT2D eigenvalue weighted by Crippen LogP contribution is 2.33. The lowest BCUT2D eigenvalue weighted by molar-refractivity contribution is 0.0139. The zero-order chi connectivity index (χ0) is 11.6. The summed E-state index contributed by atoms with van der Waals surface area (Å²) in [5, 5.41) is 9.54. The second-order valence-corrected chi connectivity index (χ2v) is 3.73. The molecule has 0 fully saturated rings. The smallest absolute Gasteiger partial charge is 0.270 e. The van der Waals surface area contributed by atoms with Crippen molar-refractivity contribution in [3.8, 4) is 0 Å². The van der Waals surface area contributed by atoms with Crippen molar-refractivity contribution in [1.29, 1.82) is 0 Å². The van der Waals surface area contributed by atoms with Gasteiger partial charge in [-0.3, -0.25) is 0 Å². The minimum Gasteiger partial charge on any atom is -0.387 e. The molecule has 0 saturated heterocycles. The molecule has 4 heteroatoms. The summed E-state index contributed by atoms with van der Waals surface area (Å²) in [4.78, 5) is 0. The molecule has 1 aromatic rings. The van der Waals surface area contributed by atoms with Crippen molar-refractivity contribution in [3.63, 3.8) is 0 Å². The minimum atomic E-state index is -2.96. The van der Waals surface area contributed by atoms with Gasteiger partial charge >= 0.3 is 0 Å². The van der Waals surface area contributed by atoms with Gasteiger partial charge in [0.15, 0.2) is 0 Å². The Hall–Kier alpha value is -1.00. The Morgan fingerprint density at radius 1 is 1.47 bits per heavy atom. The largest absolute Gasteiger partial charge is 0.387 e. The van der Waals surface area contributed by atoms with Gasteiger partial charge in [-0.25, -0.2) is 8.78 Å². The Bertz CT molecular complexity index is 347. The standard InChI is InChI=1S/C11H15F2NO/c1-7-3-4-9(11(2,12)13)8(5-7)10(15)6-14/h3-5,10,15H,6,14H2,1-2H3. The maximum absolute atomic E-state index is 13.2. The van der Waals surface area contributed by atoms with E-state index in [4.69, 9.17) is 5.73 Å². The summed E-state index contributed by atoms with van der Waals surface area (Å²) in [6, 6.07) is 4.48. The lowest BCUT2D eigenvalue weighted by Gasteiger charge is -2.19. The fourth-order valence-electron chi connectivity index (χ4n) is 1.48. The SMILES string of the molecule is Cc1ccc(C(C)(F)F)c(C(O)CN)c1. The molecule has 1 rings (SSSR count). The van der Waals surface area contributed by atoms with E-state index in [2.05, 4.69) is 0 Å². The van der Waals surface area contributed by atoms with E-state index in [0.29, 0.717) is 0 Å². The molecule has 0 aliphatic carbocycles. The molecule has 1 atom stereocenters. The second kappa shape index (κ2) is 4.24. The number of aliphatic hydroxyl groups is 1. The molecular weight excluding hydrogens is 200 g/mol. The highest BCUT2D eigenvalue weighted by atomic mass is 19.3. The summed E-state index contributed by atoms with van der Waals surface area (Å²) in [6.45, 7) is 2.53. The number of nitrogens with two attached hydrogens (primary N) is 1. The van der Waals surface area contributed by atoms with E-state index in [9.17, 15) is 13.9 Å². The molecule has 0 heterocycles. The second-order valence-electron chi connectivity index (χ2n) is 3.73. The Morgan fingerprint density at radius 3 is 2.53 bits per heavy atom. The van der Waals surface area contributed by atoms with Gasteiger partial charge in [-0.2, -0.15) is 0 Å². The number of hydrogen-bond donors (Lipinski definition) is 2. The summed E-state index contributed by atoms with van der Waals surface area (Å²) in [7, 11) is 0. The lowest BCUT2D eigenvalue weighted by Crippen LogP contribution is -2.18. The molecule has 0 amide bonds. The maximum Gasteiger partial charge on any atom is 0.270 e. The summed E-state index contributed by atoms with van der Waals surface area (Å²) >= 11 is 0. The number of aliphatic hydroxyl groups excluding tert-OH is 1. The van der Waals surface area contributed by atoms with Crippen LogP contribution in [0.4, 0.5) is 8.78 Å². The van der Waals surface area contributed by atoms with Gasteiger partial charge in [-0.15, -0.1) is 0 Å². The Morgan fingerprint density at radius 2 is 2.07 bits per heavy atom. The van der Waals surface area contributed by atoms with Crippen molar-refractivity contribution in [2.75, 3.05) is 6.54 Å². The van der Waals surface area contributed by atoms with Gasteiger partial charge in [0.25, 0.3) is 5.92 Å². The fourth-order valence-corrected chi connectivity index (χ4v) is 1.48. The number of aryl methyl sites for hydroxylation is 1. The monoisotopic (exact) mass is 215 g/mol. The van der Waals surface area contributed by atoms with E-state index in [0.717, 1.165) is 12.5 Å². The van der Waals surface area contributed by atoms with E-state index in [1.807, 2.05) is 0 Å². The summed E-state index contributed by atoms with van der Waals surface area (Å²) in [5.74, 6) is -2.96. The van der Waals surface area contributed by atoms with Gasteiger partial charge in [0.1, 0.15) is 0 Å². The Balaban J connectivity index is 3.27. The van der Waals surface area contributed by atoms with Gasteiger partial charge in [0.05, 0.1) is 6.10 Å². The molecule has 0 radical (unpaired) electrons. The lowest BCUT2D eigenvalue weighted by atomic mass is 9.96. The number of halogens is 2. The predicted molar refractivity (Wildman–Crippen MR) is 54.8 cm³/mol. The van der Waals surface area contributed by atoms with E-state index < -0.39 is 12.0 Å². The molecule has 84 valence electrons. The minimum absolute atomic E-state index is 0.0630. The topological polar surface area (TPSA) is 46.2 Å². The number of benzene rings is 1. The van der Waals surface area contributed by atoms with Gasteiger partial charge < -0.3 is 10.8 Å². The average molecular weight is 215 g/mol. The highest BCUT2D eigenvalue weighted by molar-refractivity contribution is 5.36. The van der Waals surface area contributed by atoms with Crippen LogP contribution in [0, 0.1) is 6.92 Å². The van der Waals surface area contributed by atoms with Crippen molar-refractivity contribution >= 4 is 0 Å². The molecule has 0 saturated carbocycles. The van der Waals surface area contributed by atoms with Crippen LogP contribution in [-0.4, -0.2) is 11.7 Å². The third kappa shape index (κ3) is 2.73. The Labute approximate surface area is 87.7 Å². The normalized spacial score (nSPS) is 14.0. The van der Waals surface area contributed by atoms with Crippen LogP contribution in [-0.2, 0) is 5.92 Å². The third-order valence-electron chi connectivity index (χ3n) is 2.26.